The molecule has 0 unspecified atom stereocenters. The quantitative estimate of drug-likeness (QED) is 0.876. The summed E-state index contributed by atoms with van der Waals surface area (Å²) in [4.78, 5) is 0. The van der Waals surface area contributed by atoms with Gasteiger partial charge in [-0.3, -0.25) is 0 Å². The van der Waals surface area contributed by atoms with E-state index in [-0.39, 0.29) is 12.4 Å². The molecule has 0 heterocycles. The fourth-order valence-corrected chi connectivity index (χ4v) is 2.11. The molecule has 0 saturated heterocycles. The number of rotatable bonds is 5. The Bertz CT molecular complexity index is 638. The lowest BCUT2D eigenvalue weighted by Crippen LogP contribution is -2.00. The van der Waals surface area contributed by atoms with E-state index >= 15 is 0 Å². The zero-order chi connectivity index (χ0) is 14.4. The Morgan fingerprint density at radius 1 is 1.25 bits per heavy atom. The average Bonchev–Trinajstić information content (AvgIpc) is 2.46. The number of nitriles is 1. The van der Waals surface area contributed by atoms with Crippen LogP contribution in [0, 0.1) is 11.3 Å². The second-order valence-corrected chi connectivity index (χ2v) is 5.02. The van der Waals surface area contributed by atoms with Crippen LogP contribution >= 0.6 is 15.9 Å². The highest BCUT2D eigenvalue weighted by Gasteiger charge is 2.02. The van der Waals surface area contributed by atoms with Gasteiger partial charge in [0.2, 0.25) is 0 Å². The van der Waals surface area contributed by atoms with Gasteiger partial charge >= 0.3 is 0 Å². The van der Waals surface area contributed by atoms with Crippen molar-refractivity contribution in [2.24, 2.45) is 0 Å². The highest BCUT2D eigenvalue weighted by Crippen LogP contribution is 2.24. The van der Waals surface area contributed by atoms with Gasteiger partial charge in [-0.15, -0.1) is 0 Å². The van der Waals surface area contributed by atoms with Gasteiger partial charge in [-0.25, -0.2) is 0 Å². The lowest BCUT2D eigenvalue weighted by atomic mass is 10.2. The van der Waals surface area contributed by atoms with Gasteiger partial charge in [0, 0.05) is 28.3 Å². The van der Waals surface area contributed by atoms with Crippen LogP contribution in [0.1, 0.15) is 5.56 Å². The predicted molar refractivity (Wildman–Crippen MR) is 80.7 cm³/mol. The summed E-state index contributed by atoms with van der Waals surface area (Å²) in [6.07, 6.45) is 0. The molecule has 0 spiro atoms. The topological polar surface area (TPSA) is 65.3 Å². The predicted octanol–water partition coefficient (Wildman–Crippen LogP) is 3.67. The van der Waals surface area contributed by atoms with Gasteiger partial charge in [0.25, 0.3) is 0 Å². The summed E-state index contributed by atoms with van der Waals surface area (Å²) in [5.41, 5.74) is 1.66. The summed E-state index contributed by atoms with van der Waals surface area (Å²) >= 11 is 3.37. The molecule has 2 rings (SSSR count). The third-order valence-electron chi connectivity index (χ3n) is 2.66. The molecule has 0 aliphatic rings. The Balaban J connectivity index is 2.03. The van der Waals surface area contributed by atoms with Crippen LogP contribution in [-0.2, 0) is 6.54 Å². The van der Waals surface area contributed by atoms with Crippen LogP contribution in [0.3, 0.4) is 0 Å². The first-order valence-electron chi connectivity index (χ1n) is 6.00. The van der Waals surface area contributed by atoms with E-state index in [4.69, 9.17) is 10.00 Å². The van der Waals surface area contributed by atoms with Crippen molar-refractivity contribution in [1.29, 1.82) is 5.26 Å². The smallest absolute Gasteiger partial charge is 0.174 e. The van der Waals surface area contributed by atoms with E-state index in [0.29, 0.717) is 12.3 Å². The minimum atomic E-state index is 0.0237. The number of anilines is 1. The molecule has 102 valence electrons. The number of ether oxygens (including phenoxy) is 1. The average molecular weight is 333 g/mol. The Morgan fingerprint density at radius 2 is 2.10 bits per heavy atom. The number of hydrogen-bond acceptors (Lipinski definition) is 4. The number of benzene rings is 2. The maximum atomic E-state index is 9.76. The Morgan fingerprint density at radius 3 is 2.90 bits per heavy atom. The minimum absolute atomic E-state index is 0.0237. The van der Waals surface area contributed by atoms with Crippen molar-refractivity contribution in [2.45, 2.75) is 6.54 Å². The van der Waals surface area contributed by atoms with Gasteiger partial charge in [-0.1, -0.05) is 22.0 Å². The molecule has 20 heavy (non-hydrogen) atoms. The van der Waals surface area contributed by atoms with Gasteiger partial charge in [0.05, 0.1) is 0 Å². The van der Waals surface area contributed by atoms with Gasteiger partial charge in [0.15, 0.2) is 6.61 Å². The van der Waals surface area contributed by atoms with Gasteiger partial charge in [-0.05, 0) is 30.3 Å². The lowest BCUT2D eigenvalue weighted by Gasteiger charge is -2.10. The Hall–Kier alpha value is -2.19. The van der Waals surface area contributed by atoms with Crippen LogP contribution in [0.15, 0.2) is 46.9 Å². The lowest BCUT2D eigenvalue weighted by molar-refractivity contribution is 0.368. The van der Waals surface area contributed by atoms with Crippen molar-refractivity contribution in [3.8, 4) is 17.6 Å². The Labute approximate surface area is 125 Å². The van der Waals surface area contributed by atoms with E-state index in [9.17, 15) is 5.11 Å². The summed E-state index contributed by atoms with van der Waals surface area (Å²) in [5, 5.41) is 21.4. The number of nitrogens with one attached hydrogen (secondary N) is 1. The summed E-state index contributed by atoms with van der Waals surface area (Å²) in [7, 11) is 0. The van der Waals surface area contributed by atoms with E-state index in [0.717, 1.165) is 15.7 Å². The number of halogens is 1. The van der Waals surface area contributed by atoms with Gasteiger partial charge < -0.3 is 15.2 Å². The summed E-state index contributed by atoms with van der Waals surface area (Å²) < 4.78 is 6.15. The molecule has 0 aromatic heterocycles. The summed E-state index contributed by atoms with van der Waals surface area (Å²) in [6, 6.07) is 14.6. The third-order valence-corrected chi connectivity index (χ3v) is 3.16. The number of nitrogens with zero attached hydrogens (tertiary/aromatic N) is 1. The van der Waals surface area contributed by atoms with E-state index in [1.54, 1.807) is 18.2 Å². The first-order chi connectivity index (χ1) is 9.69. The molecule has 0 bridgehead atoms. The molecular formula is C15H13BrN2O2. The molecule has 0 radical (unpaired) electrons. The molecule has 2 N–H and O–H groups in total. The van der Waals surface area contributed by atoms with Crippen molar-refractivity contribution >= 4 is 21.6 Å². The van der Waals surface area contributed by atoms with Crippen LogP contribution in [0.5, 0.6) is 11.5 Å². The summed E-state index contributed by atoms with van der Waals surface area (Å²) in [5.74, 6) is 0.882. The minimum Gasteiger partial charge on any atom is -0.508 e. The second-order valence-electron chi connectivity index (χ2n) is 4.10. The fraction of sp³-hybridized carbons (Fsp3) is 0.133. The first-order valence-corrected chi connectivity index (χ1v) is 6.79. The molecule has 0 amide bonds. The summed E-state index contributed by atoms with van der Waals surface area (Å²) in [6.45, 7) is 0.517. The van der Waals surface area contributed by atoms with Crippen molar-refractivity contribution in [1.82, 2.24) is 0 Å². The normalized spacial score (nSPS) is 9.80. The molecule has 0 aliphatic heterocycles. The molecule has 0 atom stereocenters. The molecule has 5 heteroatoms. The number of phenolic OH excluding ortho intramolecular Hbond substituents is 1. The molecule has 2 aromatic carbocycles. The first kappa shape index (κ1) is 14.2. The molecule has 0 fully saturated rings. The highest BCUT2D eigenvalue weighted by atomic mass is 79.9. The zero-order valence-electron chi connectivity index (χ0n) is 10.6. The molecule has 2 aromatic rings. The standard InChI is InChI=1S/C15H13BrN2O2/c16-12-4-5-15(19)11(8-12)10-18-13-2-1-3-14(9-13)20-7-6-17/h1-5,8-9,18-19H,7,10H2. The largest absolute Gasteiger partial charge is 0.508 e. The zero-order valence-corrected chi connectivity index (χ0v) is 12.2. The van der Waals surface area contributed by atoms with Crippen molar-refractivity contribution in [3.05, 3.63) is 52.5 Å². The van der Waals surface area contributed by atoms with Crippen LogP contribution < -0.4 is 10.1 Å². The number of phenols is 1. The molecular weight excluding hydrogens is 320 g/mol. The Kier molecular flexibility index (Phi) is 4.85. The molecule has 4 nitrogen and oxygen atoms in total. The van der Waals surface area contributed by atoms with Crippen LogP contribution in [0.2, 0.25) is 0 Å². The van der Waals surface area contributed by atoms with Crippen LogP contribution in [0.4, 0.5) is 5.69 Å². The third kappa shape index (κ3) is 3.90. The number of aromatic hydroxyl groups is 1. The second kappa shape index (κ2) is 6.83. The van der Waals surface area contributed by atoms with Gasteiger partial charge in [-0.2, -0.15) is 5.26 Å². The van der Waals surface area contributed by atoms with Crippen molar-refractivity contribution in [2.75, 3.05) is 11.9 Å². The highest BCUT2D eigenvalue weighted by molar-refractivity contribution is 9.10. The van der Waals surface area contributed by atoms with E-state index in [2.05, 4.69) is 21.2 Å². The maximum Gasteiger partial charge on any atom is 0.174 e. The molecule has 0 saturated carbocycles. The van der Waals surface area contributed by atoms with Gasteiger partial charge in [0.1, 0.15) is 17.6 Å². The van der Waals surface area contributed by atoms with Crippen LogP contribution in [-0.4, -0.2) is 11.7 Å². The maximum absolute atomic E-state index is 9.76. The van der Waals surface area contributed by atoms with E-state index in [1.165, 1.54) is 0 Å². The monoisotopic (exact) mass is 332 g/mol. The number of hydrogen-bond donors (Lipinski definition) is 2. The van der Waals surface area contributed by atoms with E-state index in [1.807, 2.05) is 30.3 Å². The fourth-order valence-electron chi connectivity index (χ4n) is 1.70. The molecule has 0 aliphatic carbocycles. The SMILES string of the molecule is N#CCOc1cccc(NCc2cc(Br)ccc2O)c1. The van der Waals surface area contributed by atoms with Crippen molar-refractivity contribution in [3.63, 3.8) is 0 Å². The van der Waals surface area contributed by atoms with Crippen LogP contribution in [0.25, 0.3) is 0 Å². The van der Waals surface area contributed by atoms with Crippen molar-refractivity contribution < 1.29 is 9.84 Å². The van der Waals surface area contributed by atoms with E-state index < -0.39 is 0 Å².